The molecule has 2 saturated heterocycles. The van der Waals surface area contributed by atoms with Crippen molar-refractivity contribution in [2.45, 2.75) is 115 Å². The Kier molecular flexibility index (Phi) is 7.45. The number of aryl methyl sites for hydroxylation is 1. The largest absolute Gasteiger partial charge is 0.347 e. The monoisotopic (exact) mass is 520 g/mol. The van der Waals surface area contributed by atoms with Crippen molar-refractivity contribution in [3.8, 4) is 0 Å². The molecule has 4 heterocycles. The van der Waals surface area contributed by atoms with Gasteiger partial charge in [-0.3, -0.25) is 9.69 Å². The third-order valence-corrected chi connectivity index (χ3v) is 9.35. The lowest BCUT2D eigenvalue weighted by Gasteiger charge is -2.40. The molecule has 0 aromatic carbocycles. The molecule has 1 amide bonds. The van der Waals surface area contributed by atoms with Crippen molar-refractivity contribution < 1.29 is 13.6 Å². The van der Waals surface area contributed by atoms with Gasteiger partial charge in [-0.15, -0.1) is 21.5 Å². The van der Waals surface area contributed by atoms with Crippen LogP contribution in [0.4, 0.5) is 8.78 Å². The average Bonchev–Trinajstić information content (AvgIpc) is 3.55. The number of hydrogen-bond acceptors (Lipinski definition) is 6. The fourth-order valence-electron chi connectivity index (χ4n) is 6.59. The van der Waals surface area contributed by atoms with Gasteiger partial charge in [-0.05, 0) is 51.9 Å². The van der Waals surface area contributed by atoms with Crippen LogP contribution in [0.2, 0.25) is 0 Å². The van der Waals surface area contributed by atoms with Gasteiger partial charge >= 0.3 is 0 Å². The van der Waals surface area contributed by atoms with Crippen molar-refractivity contribution >= 4 is 17.2 Å². The molecule has 198 valence electrons. The highest BCUT2D eigenvalue weighted by Gasteiger charge is 2.43. The minimum Gasteiger partial charge on any atom is -0.347 e. The molecule has 3 fully saturated rings. The number of amides is 1. The predicted molar refractivity (Wildman–Crippen MR) is 135 cm³/mol. The second-order valence-electron chi connectivity index (χ2n) is 11.2. The van der Waals surface area contributed by atoms with E-state index in [1.807, 2.05) is 5.38 Å². The third kappa shape index (κ3) is 5.35. The summed E-state index contributed by atoms with van der Waals surface area (Å²) < 4.78 is 29.5. The Labute approximate surface area is 216 Å². The number of halogens is 2. The number of hydrogen-bond donors (Lipinski definition) is 1. The first-order chi connectivity index (χ1) is 17.2. The standard InChI is InChI=1S/C26H38F2N6OS/c1-16(2)23-32-31-17(3)34(23)21-14-19-4-5-20(15-21)33(19)12-8-22(25-29-11-13-36-25)30-24(35)18-6-9-26(27,28)10-7-18/h11,13,16,18-22H,4-10,12,14-15H2,1-3H3,(H,30,35)/t19?,20?,21?,22-/m0/s1. The number of thiazole rings is 1. The van der Waals surface area contributed by atoms with Gasteiger partial charge in [0, 0.05) is 60.9 Å². The summed E-state index contributed by atoms with van der Waals surface area (Å²) in [6.45, 7) is 7.31. The molecule has 2 bridgehead atoms. The van der Waals surface area contributed by atoms with Crippen LogP contribution >= 0.6 is 11.3 Å². The molecule has 1 saturated carbocycles. The topological polar surface area (TPSA) is 75.9 Å². The highest BCUT2D eigenvalue weighted by atomic mass is 32.1. The number of alkyl halides is 2. The predicted octanol–water partition coefficient (Wildman–Crippen LogP) is 5.41. The molecule has 0 radical (unpaired) electrons. The van der Waals surface area contributed by atoms with Crippen LogP contribution in [-0.4, -0.2) is 55.1 Å². The fourth-order valence-corrected chi connectivity index (χ4v) is 7.31. The lowest BCUT2D eigenvalue weighted by molar-refractivity contribution is -0.130. The van der Waals surface area contributed by atoms with Gasteiger partial charge in [0.1, 0.15) is 16.7 Å². The Morgan fingerprint density at radius 1 is 1.14 bits per heavy atom. The van der Waals surface area contributed by atoms with Crippen molar-refractivity contribution in [2.24, 2.45) is 5.92 Å². The van der Waals surface area contributed by atoms with Crippen LogP contribution in [0, 0.1) is 12.8 Å². The Hall–Kier alpha value is -1.94. The van der Waals surface area contributed by atoms with Gasteiger partial charge in [-0.1, -0.05) is 13.8 Å². The number of carbonyl (C=O) groups excluding carboxylic acids is 1. The van der Waals surface area contributed by atoms with Crippen LogP contribution in [0.25, 0.3) is 0 Å². The van der Waals surface area contributed by atoms with Crippen molar-refractivity contribution in [2.75, 3.05) is 6.54 Å². The number of carbonyl (C=O) groups is 1. The number of nitrogens with zero attached hydrogens (tertiary/aromatic N) is 5. The second-order valence-corrected chi connectivity index (χ2v) is 12.2. The molecule has 0 spiro atoms. The van der Waals surface area contributed by atoms with Gasteiger partial charge in [0.15, 0.2) is 0 Å². The smallest absolute Gasteiger partial charge is 0.248 e. The van der Waals surface area contributed by atoms with Gasteiger partial charge in [-0.25, -0.2) is 13.8 Å². The highest BCUT2D eigenvalue weighted by molar-refractivity contribution is 7.09. The minimum atomic E-state index is -2.63. The van der Waals surface area contributed by atoms with E-state index in [1.54, 1.807) is 17.5 Å². The van der Waals surface area contributed by atoms with Crippen molar-refractivity contribution in [3.63, 3.8) is 0 Å². The van der Waals surface area contributed by atoms with Gasteiger partial charge in [0.05, 0.1) is 6.04 Å². The lowest BCUT2D eigenvalue weighted by atomic mass is 9.86. The van der Waals surface area contributed by atoms with E-state index in [0.717, 1.165) is 42.5 Å². The van der Waals surface area contributed by atoms with E-state index in [4.69, 9.17) is 0 Å². The molecule has 36 heavy (non-hydrogen) atoms. The molecule has 2 aromatic rings. The van der Waals surface area contributed by atoms with Crippen LogP contribution in [0.5, 0.6) is 0 Å². The maximum Gasteiger partial charge on any atom is 0.248 e. The zero-order valence-corrected chi connectivity index (χ0v) is 22.3. The van der Waals surface area contributed by atoms with E-state index in [1.165, 1.54) is 12.8 Å². The molecular formula is C26H38F2N6OS. The second kappa shape index (κ2) is 10.4. The van der Waals surface area contributed by atoms with E-state index >= 15 is 0 Å². The molecule has 2 unspecified atom stereocenters. The summed E-state index contributed by atoms with van der Waals surface area (Å²) in [7, 11) is 0. The first-order valence-corrected chi connectivity index (χ1v) is 14.3. The molecule has 3 aliphatic rings. The van der Waals surface area contributed by atoms with E-state index in [9.17, 15) is 13.6 Å². The van der Waals surface area contributed by atoms with Gasteiger partial charge in [-0.2, -0.15) is 0 Å². The van der Waals surface area contributed by atoms with E-state index in [0.29, 0.717) is 24.0 Å². The van der Waals surface area contributed by atoms with Gasteiger partial charge in [0.2, 0.25) is 11.8 Å². The first kappa shape index (κ1) is 25.7. The zero-order chi connectivity index (χ0) is 25.4. The molecule has 5 rings (SSSR count). The summed E-state index contributed by atoms with van der Waals surface area (Å²) in [5.74, 6) is -0.628. The molecule has 2 aliphatic heterocycles. The van der Waals surface area contributed by atoms with Crippen LogP contribution < -0.4 is 5.32 Å². The number of aromatic nitrogens is 4. The van der Waals surface area contributed by atoms with E-state index < -0.39 is 5.92 Å². The summed E-state index contributed by atoms with van der Waals surface area (Å²) in [5.41, 5.74) is 0. The van der Waals surface area contributed by atoms with Crippen molar-refractivity contribution in [1.82, 2.24) is 30.0 Å². The van der Waals surface area contributed by atoms with Crippen LogP contribution in [0.15, 0.2) is 11.6 Å². The summed E-state index contributed by atoms with van der Waals surface area (Å²) in [4.78, 5) is 20.1. The van der Waals surface area contributed by atoms with Crippen molar-refractivity contribution in [3.05, 3.63) is 28.2 Å². The molecular weight excluding hydrogens is 482 g/mol. The van der Waals surface area contributed by atoms with E-state index in [2.05, 4.69) is 50.7 Å². The summed E-state index contributed by atoms with van der Waals surface area (Å²) >= 11 is 1.55. The quantitative estimate of drug-likeness (QED) is 0.504. The lowest BCUT2D eigenvalue weighted by Crippen LogP contribution is -2.45. The highest BCUT2D eigenvalue weighted by Crippen LogP contribution is 2.42. The summed E-state index contributed by atoms with van der Waals surface area (Å²) in [6.07, 6.45) is 7.24. The number of fused-ring (bicyclic) bond motifs is 2. The number of rotatable bonds is 8. The van der Waals surface area contributed by atoms with Gasteiger partial charge < -0.3 is 9.88 Å². The molecule has 7 nitrogen and oxygen atoms in total. The van der Waals surface area contributed by atoms with E-state index in [-0.39, 0.29) is 43.6 Å². The molecule has 1 aliphatic carbocycles. The maximum absolute atomic E-state index is 13.6. The molecule has 2 aromatic heterocycles. The minimum absolute atomic E-state index is 0.100. The van der Waals surface area contributed by atoms with Gasteiger partial charge in [0.25, 0.3) is 0 Å². The third-order valence-electron chi connectivity index (χ3n) is 8.46. The average molecular weight is 521 g/mol. The molecule has 10 heteroatoms. The summed E-state index contributed by atoms with van der Waals surface area (Å²) in [5, 5.41) is 14.8. The number of nitrogens with one attached hydrogen (secondary N) is 1. The Balaban J connectivity index is 1.22. The Morgan fingerprint density at radius 2 is 1.83 bits per heavy atom. The van der Waals surface area contributed by atoms with Crippen LogP contribution in [0.3, 0.4) is 0 Å². The maximum atomic E-state index is 13.6. The number of piperidine rings is 1. The van der Waals surface area contributed by atoms with Crippen molar-refractivity contribution in [1.29, 1.82) is 0 Å². The fraction of sp³-hybridized carbons (Fsp3) is 0.769. The Bertz CT molecular complexity index is 1020. The summed E-state index contributed by atoms with van der Waals surface area (Å²) in [6, 6.07) is 1.29. The first-order valence-electron chi connectivity index (χ1n) is 13.5. The Morgan fingerprint density at radius 3 is 2.44 bits per heavy atom. The van der Waals surface area contributed by atoms with Crippen LogP contribution in [-0.2, 0) is 4.79 Å². The molecule has 1 N–H and O–H groups in total. The SMILES string of the molecule is Cc1nnc(C(C)C)n1C1CC2CCC(C1)N2CC[C@H](NC(=O)C1CCC(F)(F)CC1)c1nccs1. The normalized spacial score (nSPS) is 27.4. The zero-order valence-electron chi connectivity index (χ0n) is 21.5. The van der Waals surface area contributed by atoms with Crippen LogP contribution in [0.1, 0.15) is 106 Å². The molecule has 3 atom stereocenters.